The van der Waals surface area contributed by atoms with Crippen LogP contribution in [0.1, 0.15) is 12.1 Å². The van der Waals surface area contributed by atoms with E-state index in [2.05, 4.69) is 14.9 Å². The van der Waals surface area contributed by atoms with Crippen molar-refractivity contribution in [3.05, 3.63) is 35.3 Å². The second kappa shape index (κ2) is 6.69. The number of amides is 1. The topological polar surface area (TPSA) is 90.1 Å². The first-order valence-electron chi connectivity index (χ1n) is 5.75. The third-order valence-corrected chi connectivity index (χ3v) is 2.91. The number of para-hydroxylation sites is 2. The summed E-state index contributed by atoms with van der Waals surface area (Å²) in [5.74, 6) is 0.311. The number of anilines is 1. The SMILES string of the molecule is NC(=O)CCOc1ccccc1NCc1csnn1. The lowest BCUT2D eigenvalue weighted by Crippen LogP contribution is -2.15. The molecular weight excluding hydrogens is 264 g/mol. The van der Waals surface area contributed by atoms with Crippen molar-refractivity contribution in [2.24, 2.45) is 5.73 Å². The number of carbonyl (C=O) groups is 1. The van der Waals surface area contributed by atoms with Crippen LogP contribution in [-0.4, -0.2) is 22.1 Å². The Kier molecular flexibility index (Phi) is 4.68. The minimum Gasteiger partial charge on any atom is -0.491 e. The Bertz CT molecular complexity index is 530. The van der Waals surface area contributed by atoms with Gasteiger partial charge in [-0.15, -0.1) is 5.10 Å². The third-order valence-electron chi connectivity index (χ3n) is 2.36. The van der Waals surface area contributed by atoms with Crippen LogP contribution in [0.3, 0.4) is 0 Å². The summed E-state index contributed by atoms with van der Waals surface area (Å²) >= 11 is 1.31. The van der Waals surface area contributed by atoms with E-state index < -0.39 is 0 Å². The average Bonchev–Trinajstić information content (AvgIpc) is 2.90. The molecule has 0 saturated carbocycles. The molecular formula is C12H14N4O2S. The summed E-state index contributed by atoms with van der Waals surface area (Å²) in [4.78, 5) is 10.7. The highest BCUT2D eigenvalue weighted by atomic mass is 32.1. The number of benzene rings is 1. The number of nitrogens with one attached hydrogen (secondary N) is 1. The predicted octanol–water partition coefficient (Wildman–Crippen LogP) is 1.40. The second-order valence-corrected chi connectivity index (χ2v) is 4.42. The summed E-state index contributed by atoms with van der Waals surface area (Å²) in [7, 11) is 0. The molecule has 1 aromatic heterocycles. The molecule has 0 aliphatic rings. The Balaban J connectivity index is 1.93. The first-order chi connectivity index (χ1) is 9.25. The summed E-state index contributed by atoms with van der Waals surface area (Å²) in [5, 5.41) is 9.05. The van der Waals surface area contributed by atoms with Crippen LogP contribution in [0.15, 0.2) is 29.6 Å². The van der Waals surface area contributed by atoms with Gasteiger partial charge < -0.3 is 15.8 Å². The van der Waals surface area contributed by atoms with E-state index in [1.807, 2.05) is 29.6 Å². The molecule has 0 bridgehead atoms. The number of nitrogens with zero attached hydrogens (tertiary/aromatic N) is 2. The number of aromatic nitrogens is 2. The van der Waals surface area contributed by atoms with E-state index in [1.165, 1.54) is 11.5 Å². The average molecular weight is 278 g/mol. The van der Waals surface area contributed by atoms with E-state index in [-0.39, 0.29) is 18.9 Å². The normalized spacial score (nSPS) is 10.1. The van der Waals surface area contributed by atoms with Crippen LogP contribution in [0.4, 0.5) is 5.69 Å². The van der Waals surface area contributed by atoms with Crippen molar-refractivity contribution < 1.29 is 9.53 Å². The number of hydrogen-bond donors (Lipinski definition) is 2. The lowest BCUT2D eigenvalue weighted by molar-refractivity contribution is -0.118. The largest absolute Gasteiger partial charge is 0.491 e. The zero-order valence-electron chi connectivity index (χ0n) is 10.2. The Hall–Kier alpha value is -2.15. The van der Waals surface area contributed by atoms with Gasteiger partial charge in [0.25, 0.3) is 0 Å². The van der Waals surface area contributed by atoms with Crippen LogP contribution >= 0.6 is 11.5 Å². The maximum Gasteiger partial charge on any atom is 0.220 e. The van der Waals surface area contributed by atoms with Crippen LogP contribution in [0, 0.1) is 0 Å². The number of primary amides is 1. The smallest absolute Gasteiger partial charge is 0.220 e. The molecule has 3 N–H and O–H groups in total. The number of ether oxygens (including phenoxy) is 1. The Morgan fingerprint density at radius 2 is 2.26 bits per heavy atom. The van der Waals surface area contributed by atoms with Crippen molar-refractivity contribution in [1.82, 2.24) is 9.59 Å². The van der Waals surface area contributed by atoms with E-state index in [9.17, 15) is 4.79 Å². The fraction of sp³-hybridized carbons (Fsp3) is 0.250. The molecule has 0 fully saturated rings. The molecule has 2 rings (SSSR count). The maximum atomic E-state index is 10.7. The highest BCUT2D eigenvalue weighted by Gasteiger charge is 2.04. The van der Waals surface area contributed by atoms with Gasteiger partial charge in [0.1, 0.15) is 5.75 Å². The quantitative estimate of drug-likeness (QED) is 0.799. The Morgan fingerprint density at radius 1 is 1.42 bits per heavy atom. The van der Waals surface area contributed by atoms with E-state index in [0.29, 0.717) is 12.3 Å². The predicted molar refractivity (Wildman–Crippen MR) is 73.0 cm³/mol. The van der Waals surface area contributed by atoms with Gasteiger partial charge in [-0.2, -0.15) is 0 Å². The Labute approximate surface area is 114 Å². The first-order valence-corrected chi connectivity index (χ1v) is 6.59. The summed E-state index contributed by atoms with van der Waals surface area (Å²) in [6.45, 7) is 0.846. The van der Waals surface area contributed by atoms with Gasteiger partial charge in [0.15, 0.2) is 0 Å². The fourth-order valence-electron chi connectivity index (χ4n) is 1.45. The molecule has 0 saturated heterocycles. The molecule has 6 nitrogen and oxygen atoms in total. The van der Waals surface area contributed by atoms with Crippen LogP contribution < -0.4 is 15.8 Å². The lowest BCUT2D eigenvalue weighted by Gasteiger charge is -2.11. The van der Waals surface area contributed by atoms with Gasteiger partial charge in [-0.3, -0.25) is 4.79 Å². The number of carbonyl (C=O) groups excluding carboxylic acids is 1. The molecule has 0 radical (unpaired) electrons. The van der Waals surface area contributed by atoms with Crippen molar-refractivity contribution in [2.45, 2.75) is 13.0 Å². The van der Waals surface area contributed by atoms with Crippen molar-refractivity contribution in [3.8, 4) is 5.75 Å². The first kappa shape index (κ1) is 13.3. The van der Waals surface area contributed by atoms with Gasteiger partial charge in [-0.1, -0.05) is 16.6 Å². The van der Waals surface area contributed by atoms with E-state index >= 15 is 0 Å². The van der Waals surface area contributed by atoms with Crippen molar-refractivity contribution in [2.75, 3.05) is 11.9 Å². The monoisotopic (exact) mass is 278 g/mol. The molecule has 1 aromatic carbocycles. The summed E-state index contributed by atoms with van der Waals surface area (Å²) in [6.07, 6.45) is 0.199. The van der Waals surface area contributed by atoms with Gasteiger partial charge >= 0.3 is 0 Å². The minimum atomic E-state index is -0.376. The minimum absolute atomic E-state index is 0.199. The third kappa shape index (κ3) is 4.22. The molecule has 0 atom stereocenters. The molecule has 100 valence electrons. The van der Waals surface area contributed by atoms with Gasteiger partial charge in [0, 0.05) is 5.38 Å². The number of hydrogen-bond acceptors (Lipinski definition) is 6. The van der Waals surface area contributed by atoms with E-state index in [4.69, 9.17) is 10.5 Å². The zero-order chi connectivity index (χ0) is 13.5. The van der Waals surface area contributed by atoms with E-state index in [1.54, 1.807) is 0 Å². The fourth-order valence-corrected chi connectivity index (χ4v) is 1.90. The van der Waals surface area contributed by atoms with Crippen molar-refractivity contribution in [3.63, 3.8) is 0 Å². The Morgan fingerprint density at radius 3 is 3.00 bits per heavy atom. The molecule has 0 aliphatic carbocycles. The summed E-state index contributed by atoms with van der Waals surface area (Å²) < 4.78 is 9.32. The van der Waals surface area contributed by atoms with Crippen molar-refractivity contribution in [1.29, 1.82) is 0 Å². The molecule has 19 heavy (non-hydrogen) atoms. The van der Waals surface area contributed by atoms with Crippen LogP contribution in [-0.2, 0) is 11.3 Å². The van der Waals surface area contributed by atoms with Crippen LogP contribution in [0.5, 0.6) is 5.75 Å². The van der Waals surface area contributed by atoms with Crippen molar-refractivity contribution >= 4 is 23.1 Å². The highest BCUT2D eigenvalue weighted by molar-refractivity contribution is 7.03. The second-order valence-electron chi connectivity index (χ2n) is 3.81. The van der Waals surface area contributed by atoms with Gasteiger partial charge in [-0.25, -0.2) is 0 Å². The lowest BCUT2D eigenvalue weighted by atomic mass is 10.3. The van der Waals surface area contributed by atoms with Crippen LogP contribution in [0.25, 0.3) is 0 Å². The molecule has 2 aromatic rings. The number of nitrogens with two attached hydrogens (primary N) is 1. The van der Waals surface area contributed by atoms with E-state index in [0.717, 1.165) is 11.4 Å². The molecule has 0 unspecified atom stereocenters. The summed E-state index contributed by atoms with van der Waals surface area (Å²) in [5.41, 5.74) is 6.79. The van der Waals surface area contributed by atoms with Gasteiger partial charge in [0.05, 0.1) is 31.0 Å². The number of rotatable bonds is 7. The standard InChI is InChI=1S/C12H14N4O2S/c13-12(17)5-6-18-11-4-2-1-3-10(11)14-7-9-8-19-16-15-9/h1-4,8,14H,5-7H2,(H2,13,17). The molecule has 1 amide bonds. The summed E-state index contributed by atoms with van der Waals surface area (Å²) in [6, 6.07) is 7.51. The molecule has 0 spiro atoms. The zero-order valence-corrected chi connectivity index (χ0v) is 11.0. The van der Waals surface area contributed by atoms with Gasteiger partial charge in [0.2, 0.25) is 5.91 Å². The molecule has 7 heteroatoms. The molecule has 1 heterocycles. The molecule has 0 aliphatic heterocycles. The highest BCUT2D eigenvalue weighted by Crippen LogP contribution is 2.24. The van der Waals surface area contributed by atoms with Crippen LogP contribution in [0.2, 0.25) is 0 Å². The van der Waals surface area contributed by atoms with Gasteiger partial charge in [-0.05, 0) is 23.7 Å². The maximum absolute atomic E-state index is 10.7.